The Labute approximate surface area is 265 Å². The first-order valence-electron chi connectivity index (χ1n) is 15.1. The van der Waals surface area contributed by atoms with Crippen LogP contribution in [0.25, 0.3) is 0 Å². The summed E-state index contributed by atoms with van der Waals surface area (Å²) < 4.78 is 21.8. The summed E-state index contributed by atoms with van der Waals surface area (Å²) in [5.41, 5.74) is 4.13. The predicted molar refractivity (Wildman–Crippen MR) is 173 cm³/mol. The van der Waals surface area contributed by atoms with E-state index in [0.29, 0.717) is 45.1 Å². The SMILES string of the molecule is CC1=C(C(=O)Nc2ccccc2C)C(c2ccc(OCC(=O)N3CCCCC3)cc2)n2nc(SCc3ccccc3F)nc2N1. The van der Waals surface area contributed by atoms with Gasteiger partial charge in [-0.05, 0) is 74.1 Å². The van der Waals surface area contributed by atoms with E-state index in [-0.39, 0.29) is 24.2 Å². The molecule has 3 aromatic carbocycles. The Bertz CT molecular complexity index is 1730. The number of hydrogen-bond donors (Lipinski definition) is 2. The average Bonchev–Trinajstić information content (AvgIpc) is 3.46. The maximum Gasteiger partial charge on any atom is 0.260 e. The number of nitrogens with zero attached hydrogens (tertiary/aromatic N) is 4. The van der Waals surface area contributed by atoms with Gasteiger partial charge in [0.05, 0.1) is 5.57 Å². The molecule has 1 atom stereocenters. The standard InChI is InChI=1S/C34H35FN6O3S/c1-22-10-4-7-13-28(22)37-32(43)30-23(2)36-33-38-34(45-21-25-11-5-6-12-27(25)35)39-41(33)31(30)24-14-16-26(17-15-24)44-20-29(42)40-18-8-3-9-19-40/h4-7,10-17,31H,3,8-9,18-21H2,1-2H3,(H,37,43)(H,36,38,39). The molecule has 0 bridgehead atoms. The number of rotatable bonds is 9. The van der Waals surface area contributed by atoms with E-state index >= 15 is 0 Å². The van der Waals surface area contributed by atoms with Gasteiger partial charge in [-0.15, -0.1) is 5.10 Å². The molecule has 2 aliphatic heterocycles. The third-order valence-electron chi connectivity index (χ3n) is 8.05. The highest BCUT2D eigenvalue weighted by atomic mass is 32.2. The summed E-state index contributed by atoms with van der Waals surface area (Å²) >= 11 is 1.32. The number of para-hydroxylation sites is 1. The number of benzene rings is 3. The van der Waals surface area contributed by atoms with E-state index in [2.05, 4.69) is 15.6 Å². The number of carbonyl (C=O) groups is 2. The fourth-order valence-electron chi connectivity index (χ4n) is 5.58. The minimum atomic E-state index is -0.607. The van der Waals surface area contributed by atoms with Crippen LogP contribution in [0, 0.1) is 12.7 Å². The van der Waals surface area contributed by atoms with Crippen LogP contribution in [-0.4, -0.2) is 51.2 Å². The summed E-state index contributed by atoms with van der Waals surface area (Å²) in [5, 5.41) is 11.5. The molecule has 1 unspecified atom stereocenters. The Hall–Kier alpha value is -4.64. The maximum absolute atomic E-state index is 14.3. The third kappa shape index (κ3) is 6.88. The van der Waals surface area contributed by atoms with Gasteiger partial charge in [-0.3, -0.25) is 9.59 Å². The molecule has 9 nitrogen and oxygen atoms in total. The summed E-state index contributed by atoms with van der Waals surface area (Å²) in [4.78, 5) is 33.0. The molecule has 11 heteroatoms. The van der Waals surface area contributed by atoms with Crippen LogP contribution in [-0.2, 0) is 15.3 Å². The zero-order chi connectivity index (χ0) is 31.3. The Morgan fingerprint density at radius 2 is 1.73 bits per heavy atom. The molecule has 6 rings (SSSR count). The van der Waals surface area contributed by atoms with Crippen LogP contribution in [0.1, 0.15) is 48.9 Å². The molecule has 2 N–H and O–H groups in total. The molecule has 0 saturated carbocycles. The van der Waals surface area contributed by atoms with Crippen LogP contribution >= 0.6 is 11.8 Å². The topological polar surface area (TPSA) is 101 Å². The highest BCUT2D eigenvalue weighted by Gasteiger charge is 2.34. The molecule has 2 amide bonds. The third-order valence-corrected chi connectivity index (χ3v) is 8.94. The lowest BCUT2D eigenvalue weighted by Gasteiger charge is -2.29. The van der Waals surface area contributed by atoms with Crippen molar-refractivity contribution in [3.8, 4) is 5.75 Å². The number of fused-ring (bicyclic) bond motifs is 1. The van der Waals surface area contributed by atoms with Crippen molar-refractivity contribution in [3.63, 3.8) is 0 Å². The Morgan fingerprint density at radius 3 is 2.49 bits per heavy atom. The van der Waals surface area contributed by atoms with Crippen molar-refractivity contribution >= 4 is 35.2 Å². The summed E-state index contributed by atoms with van der Waals surface area (Å²) in [6.45, 7) is 5.31. The molecule has 2 aliphatic rings. The number of ether oxygens (including phenoxy) is 1. The molecule has 4 aromatic rings. The second-order valence-corrected chi connectivity index (χ2v) is 12.1. The van der Waals surface area contributed by atoms with Crippen LogP contribution in [0.15, 0.2) is 89.2 Å². The highest BCUT2D eigenvalue weighted by Crippen LogP contribution is 2.38. The molecular weight excluding hydrogens is 591 g/mol. The monoisotopic (exact) mass is 626 g/mol. The van der Waals surface area contributed by atoms with Gasteiger partial charge in [-0.2, -0.15) is 4.98 Å². The van der Waals surface area contributed by atoms with E-state index in [1.807, 2.05) is 55.1 Å². The van der Waals surface area contributed by atoms with Gasteiger partial charge >= 0.3 is 0 Å². The van der Waals surface area contributed by atoms with E-state index in [9.17, 15) is 14.0 Å². The second-order valence-electron chi connectivity index (χ2n) is 11.2. The van der Waals surface area contributed by atoms with Crippen molar-refractivity contribution in [2.24, 2.45) is 0 Å². The highest BCUT2D eigenvalue weighted by molar-refractivity contribution is 7.98. The van der Waals surface area contributed by atoms with E-state index in [4.69, 9.17) is 9.84 Å². The van der Waals surface area contributed by atoms with Crippen LogP contribution in [0.4, 0.5) is 16.0 Å². The van der Waals surface area contributed by atoms with Crippen LogP contribution in [0.2, 0.25) is 0 Å². The zero-order valence-corrected chi connectivity index (χ0v) is 26.1. The quantitative estimate of drug-likeness (QED) is 0.209. The fraction of sp³-hybridized carbons (Fsp3) is 0.294. The van der Waals surface area contributed by atoms with Crippen LogP contribution in [0.3, 0.4) is 0 Å². The predicted octanol–water partition coefficient (Wildman–Crippen LogP) is 6.34. The molecule has 1 saturated heterocycles. The average molecular weight is 627 g/mol. The van der Waals surface area contributed by atoms with Gasteiger partial charge in [0.25, 0.3) is 11.8 Å². The fourth-order valence-corrected chi connectivity index (χ4v) is 6.40. The molecule has 0 aliphatic carbocycles. The van der Waals surface area contributed by atoms with E-state index in [0.717, 1.165) is 43.5 Å². The molecule has 3 heterocycles. The smallest absolute Gasteiger partial charge is 0.260 e. The number of hydrogen-bond acceptors (Lipinski definition) is 7. The number of carbonyl (C=O) groups excluding carboxylic acids is 2. The number of allylic oxidation sites excluding steroid dienone is 1. The van der Waals surface area contributed by atoms with Gasteiger partial charge in [0.2, 0.25) is 11.1 Å². The van der Waals surface area contributed by atoms with E-state index in [1.165, 1.54) is 17.8 Å². The first-order valence-corrected chi connectivity index (χ1v) is 16.0. The number of aromatic nitrogens is 3. The largest absolute Gasteiger partial charge is 0.484 e. The molecule has 45 heavy (non-hydrogen) atoms. The van der Waals surface area contributed by atoms with Crippen LogP contribution < -0.4 is 15.4 Å². The molecule has 232 valence electrons. The first-order chi connectivity index (χ1) is 21.9. The van der Waals surface area contributed by atoms with Gasteiger partial charge in [-0.1, -0.05) is 60.3 Å². The second kappa shape index (κ2) is 13.6. The number of likely N-dealkylation sites (tertiary alicyclic amines) is 1. The minimum Gasteiger partial charge on any atom is -0.484 e. The lowest BCUT2D eigenvalue weighted by atomic mass is 9.95. The molecule has 0 spiro atoms. The number of amides is 2. The van der Waals surface area contributed by atoms with Gasteiger partial charge < -0.3 is 20.3 Å². The first kappa shape index (κ1) is 30.4. The summed E-state index contributed by atoms with van der Waals surface area (Å²) in [7, 11) is 0. The summed E-state index contributed by atoms with van der Waals surface area (Å²) in [6, 6.07) is 21.0. The number of thioether (sulfide) groups is 1. The van der Waals surface area contributed by atoms with Gasteiger partial charge in [0.15, 0.2) is 6.61 Å². The van der Waals surface area contributed by atoms with Gasteiger partial charge in [0.1, 0.15) is 17.6 Å². The Balaban J connectivity index is 1.27. The number of piperidine rings is 1. The van der Waals surface area contributed by atoms with Crippen molar-refractivity contribution in [1.29, 1.82) is 0 Å². The van der Waals surface area contributed by atoms with Crippen molar-refractivity contribution in [2.75, 3.05) is 30.3 Å². The number of halogens is 1. The lowest BCUT2D eigenvalue weighted by Crippen LogP contribution is -2.38. The number of aryl methyl sites for hydroxylation is 1. The minimum absolute atomic E-state index is 0.0153. The van der Waals surface area contributed by atoms with Crippen LogP contribution in [0.5, 0.6) is 5.75 Å². The number of nitrogens with one attached hydrogen (secondary N) is 2. The molecule has 0 radical (unpaired) electrons. The number of anilines is 2. The molecule has 1 aromatic heterocycles. The van der Waals surface area contributed by atoms with Crippen molar-refractivity contribution in [2.45, 2.75) is 50.1 Å². The van der Waals surface area contributed by atoms with Crippen molar-refractivity contribution < 1.29 is 18.7 Å². The van der Waals surface area contributed by atoms with E-state index < -0.39 is 6.04 Å². The Morgan fingerprint density at radius 1 is 1.00 bits per heavy atom. The van der Waals surface area contributed by atoms with Crippen molar-refractivity contribution in [1.82, 2.24) is 19.7 Å². The zero-order valence-electron chi connectivity index (χ0n) is 25.3. The molecular formula is C34H35FN6O3S. The van der Waals surface area contributed by atoms with Gasteiger partial charge in [0, 0.05) is 30.2 Å². The van der Waals surface area contributed by atoms with Gasteiger partial charge in [-0.25, -0.2) is 9.07 Å². The summed E-state index contributed by atoms with van der Waals surface area (Å²) in [6.07, 6.45) is 3.20. The molecule has 1 fully saturated rings. The van der Waals surface area contributed by atoms with Crippen molar-refractivity contribution in [3.05, 3.63) is 107 Å². The van der Waals surface area contributed by atoms with E-state index in [1.54, 1.807) is 35.0 Å². The maximum atomic E-state index is 14.3. The normalized spacial score (nSPS) is 16.2. The lowest BCUT2D eigenvalue weighted by molar-refractivity contribution is -0.134. The Kier molecular flexibility index (Phi) is 9.16. The summed E-state index contributed by atoms with van der Waals surface area (Å²) in [5.74, 6) is 0.832.